The molecule has 32 heavy (non-hydrogen) atoms. The van der Waals surface area contributed by atoms with Crippen LogP contribution in [0, 0.1) is 0 Å². The SMILES string of the molecule is CCCOC(Cc1ccc(OCCC=C2c3ccccc3-c3ccccc32)cc1)C(=O)O. The van der Waals surface area contributed by atoms with Crippen LogP contribution in [0.4, 0.5) is 0 Å². The number of ether oxygens (including phenoxy) is 2. The lowest BCUT2D eigenvalue weighted by Gasteiger charge is -2.13. The maximum Gasteiger partial charge on any atom is 0.333 e. The van der Waals surface area contributed by atoms with Crippen LogP contribution < -0.4 is 4.74 Å². The van der Waals surface area contributed by atoms with Gasteiger partial charge in [0.2, 0.25) is 0 Å². The molecule has 3 aromatic carbocycles. The van der Waals surface area contributed by atoms with Gasteiger partial charge in [0.1, 0.15) is 5.75 Å². The minimum absolute atomic E-state index is 0.348. The summed E-state index contributed by atoms with van der Waals surface area (Å²) < 4.78 is 11.3. The lowest BCUT2D eigenvalue weighted by Crippen LogP contribution is -2.26. The molecule has 0 bridgehead atoms. The second-order valence-electron chi connectivity index (χ2n) is 7.89. The number of rotatable bonds is 10. The fraction of sp³-hybridized carbons (Fsp3) is 0.250. The van der Waals surface area contributed by atoms with E-state index in [1.54, 1.807) is 0 Å². The summed E-state index contributed by atoms with van der Waals surface area (Å²) in [7, 11) is 0. The van der Waals surface area contributed by atoms with Crippen molar-refractivity contribution in [1.82, 2.24) is 0 Å². The Hall–Kier alpha value is -3.37. The number of aliphatic carboxylic acids is 1. The number of benzene rings is 3. The number of fused-ring (bicyclic) bond motifs is 3. The van der Waals surface area contributed by atoms with E-state index in [9.17, 15) is 9.90 Å². The van der Waals surface area contributed by atoms with Gasteiger partial charge in [-0.25, -0.2) is 4.79 Å². The summed E-state index contributed by atoms with van der Waals surface area (Å²) in [6.07, 6.45) is 3.38. The highest BCUT2D eigenvalue weighted by molar-refractivity contribution is 6.01. The van der Waals surface area contributed by atoms with Gasteiger partial charge < -0.3 is 14.6 Å². The first-order valence-electron chi connectivity index (χ1n) is 11.1. The predicted octanol–water partition coefficient (Wildman–Crippen LogP) is 5.99. The summed E-state index contributed by atoms with van der Waals surface area (Å²) in [6, 6.07) is 24.6. The number of hydrogen-bond acceptors (Lipinski definition) is 3. The molecule has 0 saturated heterocycles. The van der Waals surface area contributed by atoms with Crippen LogP contribution in [0.1, 0.15) is 36.5 Å². The third-order valence-electron chi connectivity index (χ3n) is 5.60. The molecule has 0 amide bonds. The Morgan fingerprint density at radius 3 is 2.03 bits per heavy atom. The molecule has 164 valence electrons. The first kappa shape index (κ1) is 21.8. The second-order valence-corrected chi connectivity index (χ2v) is 7.89. The van der Waals surface area contributed by atoms with Crippen LogP contribution in [0.3, 0.4) is 0 Å². The molecule has 4 nitrogen and oxygen atoms in total. The van der Waals surface area contributed by atoms with Gasteiger partial charge in [-0.3, -0.25) is 0 Å². The third kappa shape index (κ3) is 4.92. The molecule has 1 unspecified atom stereocenters. The molecule has 4 heteroatoms. The Morgan fingerprint density at radius 1 is 0.875 bits per heavy atom. The van der Waals surface area contributed by atoms with Crippen LogP contribution in [0.25, 0.3) is 16.7 Å². The summed E-state index contributed by atoms with van der Waals surface area (Å²) in [5.74, 6) is -0.150. The van der Waals surface area contributed by atoms with Crippen molar-refractivity contribution in [3.8, 4) is 16.9 Å². The zero-order chi connectivity index (χ0) is 22.3. The number of carboxylic acid groups (broad SMARTS) is 1. The highest BCUT2D eigenvalue weighted by atomic mass is 16.5. The smallest absolute Gasteiger partial charge is 0.333 e. The maximum absolute atomic E-state index is 11.4. The summed E-state index contributed by atoms with van der Waals surface area (Å²) in [5, 5.41) is 9.32. The molecule has 4 rings (SSSR count). The van der Waals surface area contributed by atoms with Gasteiger partial charge in [-0.05, 0) is 51.9 Å². The van der Waals surface area contributed by atoms with Crippen molar-refractivity contribution in [3.05, 3.63) is 95.6 Å². The van der Waals surface area contributed by atoms with Crippen molar-refractivity contribution in [2.24, 2.45) is 0 Å². The molecule has 0 saturated carbocycles. The standard InChI is InChI=1S/C28H28O4/c1-2-17-32-27(28(29)30)19-20-13-15-21(16-14-20)31-18-7-12-26-24-10-5-3-8-22(24)23-9-4-6-11-25(23)26/h3-6,8-16,27H,2,7,17-19H2,1H3,(H,29,30). The maximum atomic E-state index is 11.4. The highest BCUT2D eigenvalue weighted by Crippen LogP contribution is 2.43. The van der Waals surface area contributed by atoms with E-state index in [1.807, 2.05) is 31.2 Å². The first-order valence-corrected chi connectivity index (χ1v) is 11.1. The lowest BCUT2D eigenvalue weighted by atomic mass is 10.0. The zero-order valence-electron chi connectivity index (χ0n) is 18.3. The third-order valence-corrected chi connectivity index (χ3v) is 5.60. The molecule has 1 aliphatic carbocycles. The van der Waals surface area contributed by atoms with Gasteiger partial charge in [-0.15, -0.1) is 0 Å². The quantitative estimate of drug-likeness (QED) is 0.315. The minimum atomic E-state index is -0.929. The molecule has 0 spiro atoms. The molecule has 1 N–H and O–H groups in total. The molecular formula is C28H28O4. The van der Waals surface area contributed by atoms with Crippen molar-refractivity contribution in [2.75, 3.05) is 13.2 Å². The molecule has 1 atom stereocenters. The van der Waals surface area contributed by atoms with Crippen LogP contribution in [-0.2, 0) is 16.0 Å². The monoisotopic (exact) mass is 428 g/mol. The molecular weight excluding hydrogens is 400 g/mol. The Labute approximate surface area is 189 Å². The number of carboxylic acids is 1. The van der Waals surface area contributed by atoms with Gasteiger partial charge in [0.15, 0.2) is 6.10 Å². The molecule has 1 aliphatic rings. The van der Waals surface area contributed by atoms with E-state index >= 15 is 0 Å². The Balaban J connectivity index is 1.35. The van der Waals surface area contributed by atoms with Crippen LogP contribution in [0.2, 0.25) is 0 Å². The van der Waals surface area contributed by atoms with Gasteiger partial charge in [-0.1, -0.05) is 73.7 Å². The average Bonchev–Trinajstić information content (AvgIpc) is 3.14. The van der Waals surface area contributed by atoms with Gasteiger partial charge in [-0.2, -0.15) is 0 Å². The van der Waals surface area contributed by atoms with Crippen LogP contribution in [0.5, 0.6) is 5.75 Å². The van der Waals surface area contributed by atoms with Gasteiger partial charge >= 0.3 is 5.97 Å². The summed E-state index contributed by atoms with van der Waals surface area (Å²) >= 11 is 0. The van der Waals surface area contributed by atoms with Gasteiger partial charge in [0.25, 0.3) is 0 Å². The second kappa shape index (κ2) is 10.3. The van der Waals surface area contributed by atoms with Crippen molar-refractivity contribution in [2.45, 2.75) is 32.3 Å². The van der Waals surface area contributed by atoms with Crippen molar-refractivity contribution in [3.63, 3.8) is 0 Å². The first-order chi connectivity index (χ1) is 15.7. The van der Waals surface area contributed by atoms with E-state index in [2.05, 4.69) is 54.6 Å². The van der Waals surface area contributed by atoms with Gasteiger partial charge in [0.05, 0.1) is 6.61 Å². The van der Waals surface area contributed by atoms with E-state index in [0.717, 1.165) is 24.2 Å². The largest absolute Gasteiger partial charge is 0.493 e. The van der Waals surface area contributed by atoms with Crippen molar-refractivity contribution < 1.29 is 19.4 Å². The lowest BCUT2D eigenvalue weighted by molar-refractivity contribution is -0.150. The topological polar surface area (TPSA) is 55.8 Å². The minimum Gasteiger partial charge on any atom is -0.493 e. The van der Waals surface area contributed by atoms with E-state index in [0.29, 0.717) is 19.6 Å². The Morgan fingerprint density at radius 2 is 1.47 bits per heavy atom. The van der Waals surface area contributed by atoms with Gasteiger partial charge in [0, 0.05) is 19.4 Å². The molecule has 3 aromatic rings. The fourth-order valence-corrected chi connectivity index (χ4v) is 4.06. The fourth-order valence-electron chi connectivity index (χ4n) is 4.06. The average molecular weight is 429 g/mol. The van der Waals surface area contributed by atoms with Crippen LogP contribution in [0.15, 0.2) is 78.9 Å². The van der Waals surface area contributed by atoms with Crippen molar-refractivity contribution in [1.29, 1.82) is 0 Å². The summed E-state index contributed by atoms with van der Waals surface area (Å²) in [6.45, 7) is 2.98. The molecule has 0 aliphatic heterocycles. The van der Waals surface area contributed by atoms with Crippen molar-refractivity contribution >= 4 is 11.5 Å². The predicted molar refractivity (Wildman–Crippen MR) is 127 cm³/mol. The summed E-state index contributed by atoms with van der Waals surface area (Å²) in [5.41, 5.74) is 7.30. The molecule has 0 radical (unpaired) electrons. The van der Waals surface area contributed by atoms with Crippen LogP contribution in [-0.4, -0.2) is 30.4 Å². The number of carbonyl (C=O) groups is 1. The Kier molecular flexibility index (Phi) is 7.03. The normalized spacial score (nSPS) is 12.7. The molecule has 0 heterocycles. The Bertz CT molecular complexity index is 1050. The van der Waals surface area contributed by atoms with E-state index in [4.69, 9.17) is 9.47 Å². The number of hydrogen-bond donors (Lipinski definition) is 1. The zero-order valence-corrected chi connectivity index (χ0v) is 18.3. The van der Waals surface area contributed by atoms with E-state index in [1.165, 1.54) is 27.8 Å². The molecule has 0 aromatic heterocycles. The molecule has 0 fully saturated rings. The van der Waals surface area contributed by atoms with E-state index in [-0.39, 0.29) is 0 Å². The summed E-state index contributed by atoms with van der Waals surface area (Å²) in [4.78, 5) is 11.4. The van der Waals surface area contributed by atoms with E-state index < -0.39 is 12.1 Å². The van der Waals surface area contributed by atoms with Crippen LogP contribution >= 0.6 is 0 Å². The highest BCUT2D eigenvalue weighted by Gasteiger charge is 2.22.